The Hall–Kier alpha value is -0.450. The van der Waals surface area contributed by atoms with Crippen LogP contribution < -0.4 is 0 Å². The Kier molecular flexibility index (Phi) is 4.57. The SMILES string of the molecule is OC1(Cc2ccc(Cl)cc2Cl)CCC(C(F)(F)F)CC1. The second-order valence-corrected chi connectivity index (χ2v) is 6.30. The fourth-order valence-corrected chi connectivity index (χ4v) is 3.15. The van der Waals surface area contributed by atoms with Gasteiger partial charge in [-0.15, -0.1) is 0 Å². The summed E-state index contributed by atoms with van der Waals surface area (Å²) in [7, 11) is 0. The van der Waals surface area contributed by atoms with Crippen LogP contribution in [0.5, 0.6) is 0 Å². The number of alkyl halides is 3. The van der Waals surface area contributed by atoms with Gasteiger partial charge in [0, 0.05) is 16.5 Å². The maximum Gasteiger partial charge on any atom is 0.391 e. The van der Waals surface area contributed by atoms with E-state index in [-0.39, 0.29) is 32.1 Å². The fraction of sp³-hybridized carbons (Fsp3) is 0.571. The molecule has 20 heavy (non-hydrogen) atoms. The fourth-order valence-electron chi connectivity index (χ4n) is 2.68. The number of halogens is 5. The average Bonchev–Trinajstić information content (AvgIpc) is 2.32. The summed E-state index contributed by atoms with van der Waals surface area (Å²) in [4.78, 5) is 0. The molecule has 1 aliphatic rings. The molecule has 1 saturated carbocycles. The molecule has 112 valence electrons. The molecular formula is C14H15Cl2F3O. The highest BCUT2D eigenvalue weighted by molar-refractivity contribution is 6.35. The normalized spacial score (nSPS) is 27.6. The van der Waals surface area contributed by atoms with E-state index >= 15 is 0 Å². The van der Waals surface area contributed by atoms with Gasteiger partial charge in [-0.05, 0) is 43.4 Å². The number of benzene rings is 1. The van der Waals surface area contributed by atoms with Crippen molar-refractivity contribution in [2.24, 2.45) is 5.92 Å². The standard InChI is InChI=1S/C14H15Cl2F3O/c15-11-2-1-9(12(16)7-11)8-13(20)5-3-10(4-6-13)14(17,18)19/h1-2,7,10,20H,3-6,8H2. The molecule has 6 heteroatoms. The van der Waals surface area contributed by atoms with E-state index in [0.29, 0.717) is 15.6 Å². The second-order valence-electron chi connectivity index (χ2n) is 5.45. The summed E-state index contributed by atoms with van der Waals surface area (Å²) < 4.78 is 37.8. The molecular weight excluding hydrogens is 312 g/mol. The Morgan fingerprint density at radius 2 is 1.80 bits per heavy atom. The first-order valence-electron chi connectivity index (χ1n) is 6.43. The lowest BCUT2D eigenvalue weighted by Crippen LogP contribution is -2.39. The van der Waals surface area contributed by atoms with Crippen molar-refractivity contribution in [1.29, 1.82) is 0 Å². The molecule has 2 rings (SSSR count). The van der Waals surface area contributed by atoms with E-state index < -0.39 is 17.7 Å². The Morgan fingerprint density at radius 1 is 1.20 bits per heavy atom. The molecule has 1 aliphatic carbocycles. The van der Waals surface area contributed by atoms with Crippen molar-refractivity contribution >= 4 is 23.2 Å². The minimum atomic E-state index is -4.17. The summed E-state index contributed by atoms with van der Waals surface area (Å²) in [6, 6.07) is 4.94. The molecule has 0 amide bonds. The van der Waals surface area contributed by atoms with Crippen LogP contribution in [0.4, 0.5) is 13.2 Å². The van der Waals surface area contributed by atoms with Gasteiger partial charge in [0.25, 0.3) is 0 Å². The third-order valence-corrected chi connectivity index (χ3v) is 4.50. The molecule has 1 fully saturated rings. The molecule has 1 nitrogen and oxygen atoms in total. The first-order valence-corrected chi connectivity index (χ1v) is 7.18. The Balaban J connectivity index is 2.03. The van der Waals surface area contributed by atoms with Crippen molar-refractivity contribution in [3.05, 3.63) is 33.8 Å². The predicted molar refractivity (Wildman–Crippen MR) is 73.1 cm³/mol. The molecule has 1 N–H and O–H groups in total. The molecule has 0 unspecified atom stereocenters. The number of rotatable bonds is 2. The van der Waals surface area contributed by atoms with Crippen molar-refractivity contribution in [2.45, 2.75) is 43.9 Å². The van der Waals surface area contributed by atoms with Crippen LogP contribution in [0, 0.1) is 5.92 Å². The van der Waals surface area contributed by atoms with Crippen molar-refractivity contribution in [1.82, 2.24) is 0 Å². The van der Waals surface area contributed by atoms with Gasteiger partial charge in [-0.2, -0.15) is 13.2 Å². The van der Waals surface area contributed by atoms with E-state index in [0.717, 1.165) is 0 Å². The van der Waals surface area contributed by atoms with Gasteiger partial charge >= 0.3 is 6.18 Å². The molecule has 0 atom stereocenters. The van der Waals surface area contributed by atoms with Gasteiger partial charge in [0.2, 0.25) is 0 Å². The zero-order chi connectivity index (χ0) is 15.0. The maximum absolute atomic E-state index is 12.6. The van der Waals surface area contributed by atoms with E-state index in [1.807, 2.05) is 0 Å². The van der Waals surface area contributed by atoms with Gasteiger partial charge in [-0.25, -0.2) is 0 Å². The number of hydrogen-bond donors (Lipinski definition) is 1. The lowest BCUT2D eigenvalue weighted by molar-refractivity contribution is -0.192. The van der Waals surface area contributed by atoms with Crippen LogP contribution in [0.25, 0.3) is 0 Å². The monoisotopic (exact) mass is 326 g/mol. The van der Waals surface area contributed by atoms with Gasteiger partial charge in [-0.3, -0.25) is 0 Å². The summed E-state index contributed by atoms with van der Waals surface area (Å²) in [5, 5.41) is 11.4. The molecule has 0 aliphatic heterocycles. The number of aliphatic hydroxyl groups is 1. The van der Waals surface area contributed by atoms with Crippen LogP contribution in [-0.4, -0.2) is 16.9 Å². The lowest BCUT2D eigenvalue weighted by Gasteiger charge is -2.37. The van der Waals surface area contributed by atoms with Crippen molar-refractivity contribution in [3.63, 3.8) is 0 Å². The van der Waals surface area contributed by atoms with Crippen molar-refractivity contribution < 1.29 is 18.3 Å². The van der Waals surface area contributed by atoms with E-state index in [9.17, 15) is 18.3 Å². The Morgan fingerprint density at radius 3 is 2.30 bits per heavy atom. The van der Waals surface area contributed by atoms with Crippen LogP contribution in [-0.2, 0) is 6.42 Å². The van der Waals surface area contributed by atoms with E-state index in [1.54, 1.807) is 18.2 Å². The van der Waals surface area contributed by atoms with Crippen LogP contribution >= 0.6 is 23.2 Å². The first kappa shape index (κ1) is 15.9. The minimum Gasteiger partial charge on any atom is -0.390 e. The van der Waals surface area contributed by atoms with Crippen molar-refractivity contribution in [3.8, 4) is 0 Å². The van der Waals surface area contributed by atoms with Crippen LogP contribution in [0.15, 0.2) is 18.2 Å². The zero-order valence-corrected chi connectivity index (χ0v) is 12.2. The predicted octanol–water partition coefficient (Wildman–Crippen LogP) is 5.02. The molecule has 0 spiro atoms. The second kappa shape index (κ2) is 5.74. The molecule has 1 aromatic rings. The third-order valence-electron chi connectivity index (χ3n) is 3.91. The molecule has 0 radical (unpaired) electrons. The zero-order valence-electron chi connectivity index (χ0n) is 10.7. The van der Waals surface area contributed by atoms with Gasteiger partial charge in [0.1, 0.15) is 0 Å². The topological polar surface area (TPSA) is 20.2 Å². The van der Waals surface area contributed by atoms with Crippen LogP contribution in [0.3, 0.4) is 0 Å². The molecule has 0 heterocycles. The first-order chi connectivity index (χ1) is 9.20. The Labute approximate surface area is 125 Å². The summed E-state index contributed by atoms with van der Waals surface area (Å²) in [6.45, 7) is 0. The summed E-state index contributed by atoms with van der Waals surface area (Å²) in [6.07, 6.45) is -3.71. The van der Waals surface area contributed by atoms with E-state index in [1.165, 1.54) is 0 Å². The largest absolute Gasteiger partial charge is 0.391 e. The highest BCUT2D eigenvalue weighted by Gasteiger charge is 2.45. The van der Waals surface area contributed by atoms with Gasteiger partial charge in [-0.1, -0.05) is 29.3 Å². The lowest BCUT2D eigenvalue weighted by atomic mass is 9.75. The number of hydrogen-bond acceptors (Lipinski definition) is 1. The van der Waals surface area contributed by atoms with Gasteiger partial charge in [0.15, 0.2) is 0 Å². The molecule has 0 saturated heterocycles. The maximum atomic E-state index is 12.6. The highest BCUT2D eigenvalue weighted by Crippen LogP contribution is 2.42. The van der Waals surface area contributed by atoms with Gasteiger partial charge in [0.05, 0.1) is 11.5 Å². The average molecular weight is 327 g/mol. The summed E-state index contributed by atoms with van der Waals surface area (Å²) >= 11 is 11.8. The molecule has 1 aromatic carbocycles. The minimum absolute atomic E-state index is 0.0365. The van der Waals surface area contributed by atoms with Crippen molar-refractivity contribution in [2.75, 3.05) is 0 Å². The van der Waals surface area contributed by atoms with E-state index in [4.69, 9.17) is 23.2 Å². The molecule has 0 bridgehead atoms. The molecule has 0 aromatic heterocycles. The summed E-state index contributed by atoms with van der Waals surface area (Å²) in [5.41, 5.74) is -0.400. The quantitative estimate of drug-likeness (QED) is 0.809. The smallest absolute Gasteiger partial charge is 0.390 e. The van der Waals surface area contributed by atoms with E-state index in [2.05, 4.69) is 0 Å². The van der Waals surface area contributed by atoms with Crippen LogP contribution in [0.2, 0.25) is 10.0 Å². The third kappa shape index (κ3) is 3.80. The Bertz CT molecular complexity index is 480. The highest BCUT2D eigenvalue weighted by atomic mass is 35.5. The summed E-state index contributed by atoms with van der Waals surface area (Å²) in [5.74, 6) is -1.30. The van der Waals surface area contributed by atoms with Gasteiger partial charge < -0.3 is 5.11 Å². The van der Waals surface area contributed by atoms with Crippen LogP contribution in [0.1, 0.15) is 31.2 Å².